The Kier molecular flexibility index (Phi) is 9.69. The summed E-state index contributed by atoms with van der Waals surface area (Å²) in [7, 11) is -7.29. The molecule has 0 aliphatic heterocycles. The molecule has 0 saturated carbocycles. The molecule has 0 spiro atoms. The normalized spacial score (nSPS) is 11.3. The molecule has 0 amide bonds. The molecule has 40 heavy (non-hydrogen) atoms. The van der Waals surface area contributed by atoms with Gasteiger partial charge in [-0.3, -0.25) is 24.8 Å². The van der Waals surface area contributed by atoms with E-state index in [2.05, 4.69) is 36.4 Å². The van der Waals surface area contributed by atoms with E-state index in [1.807, 2.05) is 57.2 Å². The molecular weight excluding hydrogens is 554 g/mol. The Labute approximate surface area is 231 Å². The van der Waals surface area contributed by atoms with E-state index in [1.54, 1.807) is 0 Å². The van der Waals surface area contributed by atoms with Gasteiger partial charge in [0.1, 0.15) is 23.2 Å². The minimum absolute atomic E-state index is 0.273. The first kappa shape index (κ1) is 30.8. The Morgan fingerprint density at radius 2 is 1.00 bits per heavy atom. The fourth-order valence-electron chi connectivity index (χ4n) is 4.55. The van der Waals surface area contributed by atoms with E-state index < -0.39 is 24.9 Å². The van der Waals surface area contributed by atoms with E-state index in [4.69, 9.17) is 19.2 Å². The van der Waals surface area contributed by atoms with Gasteiger partial charge in [-0.1, -0.05) is 36.4 Å². The van der Waals surface area contributed by atoms with Crippen LogP contribution in [-0.2, 0) is 10.7 Å². The highest BCUT2D eigenvalue weighted by Gasteiger charge is 2.46. The van der Waals surface area contributed by atoms with Gasteiger partial charge in [0.05, 0.1) is 22.1 Å². The highest BCUT2D eigenvalue weighted by Crippen LogP contribution is 2.58. The Morgan fingerprint density at radius 3 is 1.27 bits per heavy atom. The number of non-ortho nitro benzene ring substituents is 2. The van der Waals surface area contributed by atoms with Gasteiger partial charge in [-0.2, -0.15) is 0 Å². The Morgan fingerprint density at radius 1 is 0.675 bits per heavy atom. The highest BCUT2D eigenvalue weighted by atomic mass is 31.2. The fourth-order valence-corrected chi connectivity index (χ4v) is 9.02. The monoisotopic (exact) mass is 582 g/mol. The van der Waals surface area contributed by atoms with Crippen molar-refractivity contribution in [2.45, 2.75) is 26.9 Å². The van der Waals surface area contributed by atoms with Crippen molar-refractivity contribution in [3.8, 4) is 0 Å². The summed E-state index contributed by atoms with van der Waals surface area (Å²) in [6.45, 7) is 6.13. The largest absolute Gasteiger partial charge is 0.756 e. The number of nitrogens with zero attached hydrogens (tertiary/aromatic N) is 2. The molecule has 208 valence electrons. The molecule has 10 nitrogen and oxygen atoms in total. The third-order valence-corrected chi connectivity index (χ3v) is 10.4. The van der Waals surface area contributed by atoms with Gasteiger partial charge < -0.3 is 14.7 Å². The molecule has 0 heterocycles. The molecule has 0 saturated heterocycles. The molecule has 4 aromatic rings. The van der Waals surface area contributed by atoms with E-state index in [0.717, 1.165) is 38.7 Å². The van der Waals surface area contributed by atoms with Gasteiger partial charge in [0.2, 0.25) is 0 Å². The molecule has 0 aromatic heterocycles. The van der Waals surface area contributed by atoms with Crippen LogP contribution in [0.5, 0.6) is 0 Å². The minimum atomic E-state index is -4.89. The van der Waals surface area contributed by atoms with Gasteiger partial charge in [0.15, 0.2) is 0 Å². The summed E-state index contributed by atoms with van der Waals surface area (Å²) in [5.41, 5.74) is 3.35. The van der Waals surface area contributed by atoms with E-state index >= 15 is 0 Å². The Balaban J connectivity index is 0.000000810. The van der Waals surface area contributed by atoms with Crippen LogP contribution in [0.25, 0.3) is 0 Å². The van der Waals surface area contributed by atoms with Gasteiger partial charge in [-0.25, -0.2) is 0 Å². The highest BCUT2D eigenvalue weighted by molar-refractivity contribution is 7.95. The zero-order valence-corrected chi connectivity index (χ0v) is 23.8. The van der Waals surface area contributed by atoms with Crippen LogP contribution in [0.15, 0.2) is 91.0 Å². The van der Waals surface area contributed by atoms with E-state index in [9.17, 15) is 20.2 Å². The number of hydrogen-bond acceptors (Lipinski definition) is 6. The lowest BCUT2D eigenvalue weighted by Crippen LogP contribution is -2.33. The van der Waals surface area contributed by atoms with Crippen LogP contribution in [0, 0.1) is 41.0 Å². The smallest absolute Gasteiger partial charge is 0.276 e. The number of rotatable bonds is 7. The second kappa shape index (κ2) is 12.6. The summed E-state index contributed by atoms with van der Waals surface area (Å²) in [6, 6.07) is 29.0. The molecule has 12 heteroatoms. The molecule has 4 aromatic carbocycles. The molecule has 0 radical (unpaired) electrons. The van der Waals surface area contributed by atoms with Crippen LogP contribution in [0.3, 0.4) is 0 Å². The van der Waals surface area contributed by atoms with Gasteiger partial charge >= 0.3 is 0 Å². The second-order valence-corrected chi connectivity index (χ2v) is 13.8. The summed E-state index contributed by atoms with van der Waals surface area (Å²) in [5, 5.41) is 26.6. The summed E-state index contributed by atoms with van der Waals surface area (Å²) in [5.74, 6) is 0. The maximum Gasteiger partial charge on any atom is 0.276 e. The van der Waals surface area contributed by atoms with Gasteiger partial charge in [0.25, 0.3) is 19.2 Å². The van der Waals surface area contributed by atoms with Crippen LogP contribution >= 0.6 is 15.1 Å². The Bertz CT molecular complexity index is 1450. The first-order valence-electron chi connectivity index (χ1n) is 12.0. The van der Waals surface area contributed by atoms with Crippen LogP contribution < -0.4 is 20.8 Å². The molecule has 0 unspecified atom stereocenters. The van der Waals surface area contributed by atoms with Crippen molar-refractivity contribution in [2.24, 2.45) is 0 Å². The Hall–Kier alpha value is -3.78. The number of nitro benzene ring substituents is 2. The average Bonchev–Trinajstić information content (AvgIpc) is 2.86. The van der Waals surface area contributed by atoms with Crippen molar-refractivity contribution < 1.29 is 29.1 Å². The number of benzene rings is 4. The topological polar surface area (TPSA) is 167 Å². The first-order valence-corrected chi connectivity index (χ1v) is 15.5. The molecular formula is C28H28N2O8P2. The van der Waals surface area contributed by atoms with Crippen molar-refractivity contribution in [3.63, 3.8) is 0 Å². The van der Waals surface area contributed by atoms with Crippen molar-refractivity contribution in [3.05, 3.63) is 133 Å². The molecule has 0 aliphatic rings. The van der Waals surface area contributed by atoms with Crippen molar-refractivity contribution in [1.82, 2.24) is 0 Å². The standard InChI is InChI=1S/C28H26N2O4P.H3O4P/c1-20-7-4-10-26(13-20)35(27-11-5-8-21(2)14-27,28-12-6-9-22(3)15-28)19-23-16-24(29(31)32)18-25(17-23)30(33)34;1-5(2,3)4/h4-18H,19H2,1-3H3;(H3,1,2,3,4)/q+1;/p-1. The maximum atomic E-state index is 11.6. The van der Waals surface area contributed by atoms with E-state index in [0.29, 0.717) is 11.7 Å². The van der Waals surface area contributed by atoms with Gasteiger partial charge in [0, 0.05) is 17.7 Å². The summed E-state index contributed by atoms with van der Waals surface area (Å²) >= 11 is 0. The average molecular weight is 582 g/mol. The third kappa shape index (κ3) is 7.88. The molecule has 4 rings (SSSR count). The summed E-state index contributed by atoms with van der Waals surface area (Å²) in [4.78, 5) is 45.0. The number of hydrogen-bond donors (Lipinski definition) is 2. The van der Waals surface area contributed by atoms with E-state index in [1.165, 1.54) is 12.1 Å². The predicted molar refractivity (Wildman–Crippen MR) is 155 cm³/mol. The zero-order valence-electron chi connectivity index (χ0n) is 22.0. The molecule has 0 atom stereocenters. The lowest BCUT2D eigenvalue weighted by molar-refractivity contribution is -0.394. The number of nitro groups is 2. The first-order chi connectivity index (χ1) is 18.7. The lowest BCUT2D eigenvalue weighted by Gasteiger charge is -2.28. The van der Waals surface area contributed by atoms with Crippen LogP contribution in [0.1, 0.15) is 22.3 Å². The molecule has 2 N–H and O–H groups in total. The van der Waals surface area contributed by atoms with Crippen molar-refractivity contribution in [2.75, 3.05) is 0 Å². The fraction of sp³-hybridized carbons (Fsp3) is 0.143. The van der Waals surface area contributed by atoms with Gasteiger partial charge in [-0.15, -0.1) is 0 Å². The van der Waals surface area contributed by atoms with Gasteiger partial charge in [-0.05, 0) is 73.9 Å². The zero-order chi connectivity index (χ0) is 29.7. The third-order valence-electron chi connectivity index (χ3n) is 6.13. The van der Waals surface area contributed by atoms with Crippen molar-refractivity contribution >= 4 is 42.4 Å². The quantitative estimate of drug-likeness (QED) is 0.184. The van der Waals surface area contributed by atoms with Crippen LogP contribution in [-0.4, -0.2) is 19.6 Å². The maximum absolute atomic E-state index is 11.6. The lowest BCUT2D eigenvalue weighted by atomic mass is 10.2. The van der Waals surface area contributed by atoms with E-state index in [-0.39, 0.29) is 11.4 Å². The summed E-state index contributed by atoms with van der Waals surface area (Å²) in [6.07, 6.45) is 0.423. The number of phosphoric acid groups is 1. The summed E-state index contributed by atoms with van der Waals surface area (Å²) < 4.78 is 8.77. The molecule has 0 fully saturated rings. The number of aryl methyl sites for hydroxylation is 3. The van der Waals surface area contributed by atoms with Crippen LogP contribution in [0.4, 0.5) is 11.4 Å². The van der Waals surface area contributed by atoms with Crippen molar-refractivity contribution in [1.29, 1.82) is 0 Å². The minimum Gasteiger partial charge on any atom is -0.756 e. The van der Waals surface area contributed by atoms with Crippen LogP contribution in [0.2, 0.25) is 0 Å². The predicted octanol–water partition coefficient (Wildman–Crippen LogP) is 4.36. The molecule has 0 bridgehead atoms. The molecule has 0 aliphatic carbocycles. The SMILES string of the molecule is Cc1cccc([P+](Cc2cc([N+](=O)[O-])cc([N+](=O)[O-])c2)(c2cccc(C)c2)c2cccc(C)c2)c1.O=P([O-])(O)O. The second-order valence-electron chi connectivity index (χ2n) is 9.35.